The van der Waals surface area contributed by atoms with Crippen LogP contribution in [-0.4, -0.2) is 19.4 Å². The minimum Gasteiger partial charge on any atom is -0.497 e. The topological polar surface area (TPSA) is 38.3 Å². The molecule has 0 amide bonds. The van der Waals surface area contributed by atoms with Crippen molar-refractivity contribution in [3.63, 3.8) is 0 Å². The number of Topliss-reactive ketones (excluding diaryl/α,β-unsaturated/α-hetero) is 1. The van der Waals surface area contributed by atoms with Crippen LogP contribution in [0.5, 0.6) is 5.75 Å². The highest BCUT2D eigenvalue weighted by Gasteiger charge is 2.27. The van der Waals surface area contributed by atoms with Crippen molar-refractivity contribution in [3.05, 3.63) is 59.7 Å². The highest BCUT2D eigenvalue weighted by Crippen LogP contribution is 2.29. The number of carbonyl (C=O) groups excluding carboxylic acids is 1. The number of ketones is 1. The predicted octanol–water partition coefficient (Wildman–Crippen LogP) is 3.16. The van der Waals surface area contributed by atoms with Gasteiger partial charge in [0.15, 0.2) is 5.78 Å². The molecule has 20 heavy (non-hydrogen) atoms. The Morgan fingerprint density at radius 3 is 2.75 bits per heavy atom. The lowest BCUT2D eigenvalue weighted by molar-refractivity contribution is 0.0921. The molecular formula is C17H17NO2. The van der Waals surface area contributed by atoms with E-state index < -0.39 is 0 Å². The van der Waals surface area contributed by atoms with Crippen molar-refractivity contribution in [3.8, 4) is 5.75 Å². The lowest BCUT2D eigenvalue weighted by Crippen LogP contribution is -2.31. The van der Waals surface area contributed by atoms with Crippen LogP contribution in [0.3, 0.4) is 0 Å². The van der Waals surface area contributed by atoms with Gasteiger partial charge in [0.1, 0.15) is 5.75 Å². The third-order valence-corrected chi connectivity index (χ3v) is 3.73. The molecule has 0 aromatic heterocycles. The van der Waals surface area contributed by atoms with Crippen LogP contribution >= 0.6 is 0 Å². The van der Waals surface area contributed by atoms with E-state index in [4.69, 9.17) is 4.74 Å². The molecule has 0 aliphatic carbocycles. The molecule has 0 radical (unpaired) electrons. The monoisotopic (exact) mass is 267 g/mol. The van der Waals surface area contributed by atoms with E-state index in [0.717, 1.165) is 23.4 Å². The number of rotatable bonds is 3. The molecule has 1 aliphatic rings. The normalized spacial score (nSPS) is 17.2. The van der Waals surface area contributed by atoms with Gasteiger partial charge in [0.05, 0.1) is 7.11 Å². The standard InChI is InChI=1S/C17H17NO2/c1-20-14-7-8-16-15(10-14)17(19)13(11-18-16)9-12-5-3-2-4-6-12/h2-8,10,13,18H,9,11H2,1H3. The Hall–Kier alpha value is -2.29. The first-order valence-corrected chi connectivity index (χ1v) is 6.78. The molecule has 0 saturated carbocycles. The minimum atomic E-state index is -0.0167. The van der Waals surface area contributed by atoms with Crippen LogP contribution < -0.4 is 10.1 Å². The van der Waals surface area contributed by atoms with E-state index in [0.29, 0.717) is 6.54 Å². The molecule has 2 aromatic rings. The maximum Gasteiger partial charge on any atom is 0.170 e. The van der Waals surface area contributed by atoms with Gasteiger partial charge in [-0.05, 0) is 30.2 Å². The van der Waals surface area contributed by atoms with Gasteiger partial charge in [-0.2, -0.15) is 0 Å². The number of fused-ring (bicyclic) bond motifs is 1. The van der Waals surface area contributed by atoms with E-state index in [-0.39, 0.29) is 11.7 Å². The predicted molar refractivity (Wildman–Crippen MR) is 79.5 cm³/mol. The van der Waals surface area contributed by atoms with E-state index in [1.165, 1.54) is 5.56 Å². The Bertz CT molecular complexity index is 622. The fraction of sp³-hybridized carbons (Fsp3) is 0.235. The molecule has 3 nitrogen and oxygen atoms in total. The largest absolute Gasteiger partial charge is 0.497 e. The first kappa shape index (κ1) is 12.7. The van der Waals surface area contributed by atoms with Crippen LogP contribution in [0.25, 0.3) is 0 Å². The molecule has 3 heteroatoms. The van der Waals surface area contributed by atoms with E-state index >= 15 is 0 Å². The van der Waals surface area contributed by atoms with Crippen molar-refractivity contribution in [2.75, 3.05) is 19.0 Å². The van der Waals surface area contributed by atoms with E-state index in [9.17, 15) is 4.79 Å². The van der Waals surface area contributed by atoms with Crippen molar-refractivity contribution < 1.29 is 9.53 Å². The molecule has 0 bridgehead atoms. The number of benzene rings is 2. The Labute approximate surface area is 118 Å². The summed E-state index contributed by atoms with van der Waals surface area (Å²) < 4.78 is 5.20. The molecule has 1 N–H and O–H groups in total. The van der Waals surface area contributed by atoms with Crippen molar-refractivity contribution in [1.29, 1.82) is 0 Å². The second-order valence-electron chi connectivity index (χ2n) is 5.04. The zero-order valence-corrected chi connectivity index (χ0v) is 11.4. The van der Waals surface area contributed by atoms with Gasteiger partial charge in [-0.1, -0.05) is 30.3 Å². The average molecular weight is 267 g/mol. The fourth-order valence-corrected chi connectivity index (χ4v) is 2.62. The van der Waals surface area contributed by atoms with E-state index in [1.807, 2.05) is 36.4 Å². The number of methoxy groups -OCH3 is 1. The van der Waals surface area contributed by atoms with Crippen molar-refractivity contribution in [2.45, 2.75) is 6.42 Å². The number of carbonyl (C=O) groups is 1. The molecule has 102 valence electrons. The molecule has 1 aliphatic heterocycles. The third kappa shape index (κ3) is 2.39. The van der Waals surface area contributed by atoms with Gasteiger partial charge in [0.2, 0.25) is 0 Å². The maximum absolute atomic E-state index is 12.6. The number of hydrogen-bond donors (Lipinski definition) is 1. The summed E-state index contributed by atoms with van der Waals surface area (Å²) in [5, 5.41) is 3.34. The Kier molecular flexibility index (Phi) is 3.42. The van der Waals surface area contributed by atoms with Gasteiger partial charge in [-0.3, -0.25) is 4.79 Å². The average Bonchev–Trinajstić information content (AvgIpc) is 2.51. The molecule has 1 heterocycles. The first-order chi connectivity index (χ1) is 9.78. The lowest BCUT2D eigenvalue weighted by atomic mass is 9.87. The van der Waals surface area contributed by atoms with Gasteiger partial charge < -0.3 is 10.1 Å². The second-order valence-corrected chi connectivity index (χ2v) is 5.04. The molecule has 0 saturated heterocycles. The summed E-state index contributed by atoms with van der Waals surface area (Å²) in [6.45, 7) is 0.688. The zero-order chi connectivity index (χ0) is 13.9. The highest BCUT2D eigenvalue weighted by molar-refractivity contribution is 6.05. The van der Waals surface area contributed by atoms with Crippen LogP contribution in [0.4, 0.5) is 5.69 Å². The molecule has 1 atom stereocenters. The van der Waals surface area contributed by atoms with Gasteiger partial charge in [0.25, 0.3) is 0 Å². The van der Waals surface area contributed by atoms with Gasteiger partial charge in [-0.25, -0.2) is 0 Å². The first-order valence-electron chi connectivity index (χ1n) is 6.78. The summed E-state index contributed by atoms with van der Waals surface area (Å²) in [6, 6.07) is 15.7. The maximum atomic E-state index is 12.6. The number of nitrogens with one attached hydrogen (secondary N) is 1. The summed E-state index contributed by atoms with van der Waals surface area (Å²) >= 11 is 0. The Morgan fingerprint density at radius 1 is 1.20 bits per heavy atom. The molecule has 0 fully saturated rings. The lowest BCUT2D eigenvalue weighted by Gasteiger charge is -2.25. The van der Waals surface area contributed by atoms with Crippen LogP contribution in [0.1, 0.15) is 15.9 Å². The third-order valence-electron chi connectivity index (χ3n) is 3.73. The quantitative estimate of drug-likeness (QED) is 0.928. The summed E-state index contributed by atoms with van der Waals surface area (Å²) in [4.78, 5) is 12.6. The molecule has 3 rings (SSSR count). The van der Waals surface area contributed by atoms with Crippen molar-refractivity contribution in [2.24, 2.45) is 5.92 Å². The van der Waals surface area contributed by atoms with Crippen LogP contribution in [0, 0.1) is 5.92 Å². The minimum absolute atomic E-state index is 0.0167. The molecule has 0 spiro atoms. The molecular weight excluding hydrogens is 250 g/mol. The zero-order valence-electron chi connectivity index (χ0n) is 11.4. The van der Waals surface area contributed by atoms with Gasteiger partial charge >= 0.3 is 0 Å². The second kappa shape index (κ2) is 5.37. The van der Waals surface area contributed by atoms with E-state index in [2.05, 4.69) is 17.4 Å². The summed E-state index contributed by atoms with van der Waals surface area (Å²) in [5.41, 5.74) is 2.83. The molecule has 1 unspecified atom stereocenters. The Balaban J connectivity index is 1.85. The van der Waals surface area contributed by atoms with Crippen LogP contribution in [-0.2, 0) is 6.42 Å². The smallest absolute Gasteiger partial charge is 0.170 e. The van der Waals surface area contributed by atoms with Gasteiger partial charge in [-0.15, -0.1) is 0 Å². The summed E-state index contributed by atoms with van der Waals surface area (Å²) in [7, 11) is 1.61. The fourth-order valence-electron chi connectivity index (χ4n) is 2.62. The molecule has 2 aromatic carbocycles. The van der Waals surface area contributed by atoms with E-state index in [1.54, 1.807) is 7.11 Å². The number of ether oxygens (including phenoxy) is 1. The number of anilines is 1. The summed E-state index contributed by atoms with van der Waals surface area (Å²) in [5.74, 6) is 0.901. The van der Waals surface area contributed by atoms with Crippen LogP contribution in [0.15, 0.2) is 48.5 Å². The number of hydrogen-bond acceptors (Lipinski definition) is 3. The summed E-state index contributed by atoms with van der Waals surface area (Å²) in [6.07, 6.45) is 0.767. The highest BCUT2D eigenvalue weighted by atomic mass is 16.5. The van der Waals surface area contributed by atoms with Crippen molar-refractivity contribution >= 4 is 11.5 Å². The van der Waals surface area contributed by atoms with Gasteiger partial charge in [0, 0.05) is 23.7 Å². The van der Waals surface area contributed by atoms with Crippen molar-refractivity contribution in [1.82, 2.24) is 0 Å². The SMILES string of the molecule is COc1ccc2c(c1)C(=O)C(Cc1ccccc1)CN2. The Morgan fingerprint density at radius 2 is 2.00 bits per heavy atom. The van der Waals surface area contributed by atoms with Crippen LogP contribution in [0.2, 0.25) is 0 Å².